The molecule has 37 heavy (non-hydrogen) atoms. The summed E-state index contributed by atoms with van der Waals surface area (Å²) in [6.07, 6.45) is 6.53. The van der Waals surface area contributed by atoms with E-state index in [0.717, 1.165) is 10.7 Å². The number of nitrogens with zero attached hydrogens (tertiary/aromatic N) is 3. The second-order valence-corrected chi connectivity index (χ2v) is 8.97. The van der Waals surface area contributed by atoms with Crippen molar-refractivity contribution in [1.29, 1.82) is 0 Å². The zero-order valence-electron chi connectivity index (χ0n) is 20.8. The van der Waals surface area contributed by atoms with Crippen LogP contribution in [0.4, 0.5) is 0 Å². The Morgan fingerprint density at radius 2 is 1.81 bits per heavy atom. The first kappa shape index (κ1) is 24.5. The summed E-state index contributed by atoms with van der Waals surface area (Å²) in [4.78, 5) is 22.8. The molecule has 0 N–H and O–H groups in total. The Labute approximate surface area is 218 Å². The third kappa shape index (κ3) is 4.67. The molecule has 0 amide bonds. The predicted octanol–water partition coefficient (Wildman–Crippen LogP) is 5.36. The number of hydrogen-bond acceptors (Lipinski definition) is 9. The van der Waals surface area contributed by atoms with Gasteiger partial charge in [-0.2, -0.15) is 0 Å². The highest BCUT2D eigenvalue weighted by molar-refractivity contribution is 7.98. The molecule has 2 aromatic heterocycles. The molecule has 0 atom stereocenters. The average Bonchev–Trinajstić information content (AvgIpc) is 3.33. The Kier molecular flexibility index (Phi) is 6.91. The SMILES string of the molecule is CCOC(=O)c1c(CSc2nccn2C)nc2cc3c(cc2c1-c1ccc(OC)c(OC)c1)OC=CO3. The lowest BCUT2D eigenvalue weighted by Crippen LogP contribution is -2.13. The summed E-state index contributed by atoms with van der Waals surface area (Å²) in [5, 5.41) is 1.51. The van der Waals surface area contributed by atoms with Crippen molar-refractivity contribution in [2.75, 3.05) is 20.8 Å². The van der Waals surface area contributed by atoms with Gasteiger partial charge < -0.3 is 28.3 Å². The number of ether oxygens (including phenoxy) is 5. The number of imidazole rings is 1. The molecule has 4 aromatic rings. The van der Waals surface area contributed by atoms with E-state index in [1.165, 1.54) is 24.3 Å². The quantitative estimate of drug-likeness (QED) is 0.225. The molecule has 190 valence electrons. The molecule has 2 aromatic carbocycles. The number of fused-ring (bicyclic) bond motifs is 2. The topological polar surface area (TPSA) is 93.9 Å². The number of hydrogen-bond donors (Lipinski definition) is 0. The van der Waals surface area contributed by atoms with Crippen LogP contribution in [0.2, 0.25) is 0 Å². The zero-order valence-corrected chi connectivity index (χ0v) is 21.6. The lowest BCUT2D eigenvalue weighted by molar-refractivity contribution is 0.0526. The predicted molar refractivity (Wildman–Crippen MR) is 139 cm³/mol. The van der Waals surface area contributed by atoms with Crippen molar-refractivity contribution in [3.05, 3.63) is 66.5 Å². The van der Waals surface area contributed by atoms with Gasteiger partial charge in [-0.25, -0.2) is 9.78 Å². The standard InChI is InChI=1S/C27H25N3O6S/c1-5-34-26(31)25-19(15-37-27-28-8-9-30(27)2)29-18-14-23-22(35-10-11-36-23)13-17(18)24(25)16-6-7-20(32-3)21(12-16)33-4/h6-14H,5,15H2,1-4H3. The largest absolute Gasteiger partial charge is 0.493 e. The van der Waals surface area contributed by atoms with Crippen LogP contribution in [0.1, 0.15) is 23.0 Å². The third-order valence-corrected chi connectivity index (χ3v) is 6.91. The number of aryl methyl sites for hydroxylation is 1. The van der Waals surface area contributed by atoms with Gasteiger partial charge in [0.1, 0.15) is 12.5 Å². The van der Waals surface area contributed by atoms with E-state index in [1.807, 2.05) is 42.1 Å². The number of aromatic nitrogens is 3. The summed E-state index contributed by atoms with van der Waals surface area (Å²) in [7, 11) is 5.07. The molecule has 1 aliphatic heterocycles. The maximum atomic E-state index is 13.5. The van der Waals surface area contributed by atoms with Crippen LogP contribution in [0.25, 0.3) is 22.0 Å². The molecular weight excluding hydrogens is 494 g/mol. The lowest BCUT2D eigenvalue weighted by Gasteiger charge is -2.20. The molecule has 0 aliphatic carbocycles. The van der Waals surface area contributed by atoms with Crippen LogP contribution in [0, 0.1) is 0 Å². The minimum absolute atomic E-state index is 0.222. The number of pyridine rings is 1. The van der Waals surface area contributed by atoms with Crippen LogP contribution in [0.5, 0.6) is 23.0 Å². The lowest BCUT2D eigenvalue weighted by atomic mass is 9.93. The fraction of sp³-hybridized carbons (Fsp3) is 0.222. The molecule has 1 aliphatic rings. The normalized spacial score (nSPS) is 12.0. The van der Waals surface area contributed by atoms with Crippen molar-refractivity contribution >= 4 is 28.6 Å². The van der Waals surface area contributed by atoms with Gasteiger partial charge in [0.2, 0.25) is 0 Å². The smallest absolute Gasteiger partial charge is 0.340 e. The highest BCUT2D eigenvalue weighted by atomic mass is 32.2. The molecule has 0 saturated heterocycles. The van der Waals surface area contributed by atoms with Crippen molar-refractivity contribution in [3.8, 4) is 34.1 Å². The molecule has 5 rings (SSSR count). The van der Waals surface area contributed by atoms with Gasteiger partial charge in [-0.05, 0) is 30.7 Å². The van der Waals surface area contributed by atoms with E-state index in [4.69, 9.17) is 28.7 Å². The van der Waals surface area contributed by atoms with E-state index in [2.05, 4.69) is 4.98 Å². The van der Waals surface area contributed by atoms with Gasteiger partial charge in [0.25, 0.3) is 0 Å². The van der Waals surface area contributed by atoms with Crippen molar-refractivity contribution < 1.29 is 28.5 Å². The van der Waals surface area contributed by atoms with Crippen molar-refractivity contribution in [2.45, 2.75) is 17.8 Å². The summed E-state index contributed by atoms with van der Waals surface area (Å²) in [5.41, 5.74) is 2.97. The fourth-order valence-electron chi connectivity index (χ4n) is 4.15. The average molecular weight is 520 g/mol. The van der Waals surface area contributed by atoms with E-state index in [-0.39, 0.29) is 6.61 Å². The number of rotatable bonds is 8. The minimum Gasteiger partial charge on any atom is -0.493 e. The number of carbonyl (C=O) groups excluding carboxylic acids is 1. The summed E-state index contributed by atoms with van der Waals surface area (Å²) >= 11 is 1.48. The van der Waals surface area contributed by atoms with E-state index in [1.54, 1.807) is 33.4 Å². The van der Waals surface area contributed by atoms with E-state index in [9.17, 15) is 4.79 Å². The van der Waals surface area contributed by atoms with Crippen LogP contribution >= 0.6 is 11.8 Å². The number of esters is 1. The van der Waals surface area contributed by atoms with E-state index < -0.39 is 5.97 Å². The summed E-state index contributed by atoms with van der Waals surface area (Å²) in [6.45, 7) is 2.00. The number of methoxy groups -OCH3 is 2. The second kappa shape index (κ2) is 10.4. The first-order chi connectivity index (χ1) is 18.0. The molecule has 0 bridgehead atoms. The molecule has 9 nitrogen and oxygen atoms in total. The van der Waals surface area contributed by atoms with Crippen LogP contribution in [0.15, 0.2) is 60.4 Å². The Morgan fingerprint density at radius 1 is 1.05 bits per heavy atom. The van der Waals surface area contributed by atoms with Gasteiger partial charge in [-0.3, -0.25) is 4.98 Å². The Bertz CT molecular complexity index is 1510. The van der Waals surface area contributed by atoms with Crippen LogP contribution in [-0.4, -0.2) is 41.3 Å². The van der Waals surface area contributed by atoms with Gasteiger partial charge in [0.05, 0.1) is 37.6 Å². The molecule has 0 fully saturated rings. The Morgan fingerprint density at radius 3 is 2.49 bits per heavy atom. The first-order valence-corrected chi connectivity index (χ1v) is 12.5. The summed E-state index contributed by atoms with van der Waals surface area (Å²) < 4.78 is 29.8. The minimum atomic E-state index is -0.466. The zero-order chi connectivity index (χ0) is 25.9. The van der Waals surface area contributed by atoms with Crippen LogP contribution in [-0.2, 0) is 17.5 Å². The molecule has 0 radical (unpaired) electrons. The Balaban J connectivity index is 1.78. The van der Waals surface area contributed by atoms with Gasteiger partial charge in [-0.1, -0.05) is 17.8 Å². The van der Waals surface area contributed by atoms with Gasteiger partial charge >= 0.3 is 5.97 Å². The van der Waals surface area contributed by atoms with Gasteiger partial charge in [0.15, 0.2) is 28.2 Å². The first-order valence-electron chi connectivity index (χ1n) is 11.5. The fourth-order valence-corrected chi connectivity index (χ4v) is 5.03. The summed E-state index contributed by atoms with van der Waals surface area (Å²) in [6, 6.07) is 9.15. The molecule has 0 spiro atoms. The van der Waals surface area contributed by atoms with Crippen LogP contribution in [0.3, 0.4) is 0 Å². The molecule has 0 saturated carbocycles. The maximum Gasteiger partial charge on any atom is 0.340 e. The second-order valence-electron chi connectivity index (χ2n) is 8.03. The number of benzene rings is 2. The monoisotopic (exact) mass is 519 g/mol. The van der Waals surface area contributed by atoms with Crippen LogP contribution < -0.4 is 18.9 Å². The Hall–Kier alpha value is -4.18. The highest BCUT2D eigenvalue weighted by Crippen LogP contribution is 2.43. The van der Waals surface area contributed by atoms with Crippen molar-refractivity contribution in [2.24, 2.45) is 7.05 Å². The van der Waals surface area contributed by atoms with Crippen molar-refractivity contribution in [3.63, 3.8) is 0 Å². The highest BCUT2D eigenvalue weighted by Gasteiger charge is 2.26. The van der Waals surface area contributed by atoms with Gasteiger partial charge in [-0.15, -0.1) is 0 Å². The maximum absolute atomic E-state index is 13.5. The van der Waals surface area contributed by atoms with E-state index in [0.29, 0.717) is 56.5 Å². The number of thioether (sulfide) groups is 1. The summed E-state index contributed by atoms with van der Waals surface area (Å²) in [5.74, 6) is 2.09. The van der Waals surface area contributed by atoms with E-state index >= 15 is 0 Å². The molecule has 0 unspecified atom stereocenters. The third-order valence-electron chi connectivity index (χ3n) is 5.84. The van der Waals surface area contributed by atoms with Gasteiger partial charge in [0, 0.05) is 42.2 Å². The molecule has 3 heterocycles. The molecule has 10 heteroatoms. The molecular formula is C27H25N3O6S. The van der Waals surface area contributed by atoms with Crippen molar-refractivity contribution in [1.82, 2.24) is 14.5 Å². The number of carbonyl (C=O) groups is 1.